The topological polar surface area (TPSA) is 59.8 Å². The van der Waals surface area contributed by atoms with Crippen molar-refractivity contribution in [2.24, 2.45) is 0 Å². The van der Waals surface area contributed by atoms with E-state index in [0.29, 0.717) is 5.02 Å². The molecule has 0 radical (unpaired) electrons. The number of nitrogens with zero attached hydrogens (tertiary/aromatic N) is 3. The van der Waals surface area contributed by atoms with Gasteiger partial charge in [0.25, 0.3) is 0 Å². The maximum Gasteiger partial charge on any atom is 0.234 e. The summed E-state index contributed by atoms with van der Waals surface area (Å²) in [6.45, 7) is 0. The summed E-state index contributed by atoms with van der Waals surface area (Å²) in [6, 6.07) is 17.0. The third-order valence-corrected chi connectivity index (χ3v) is 5.18. The summed E-state index contributed by atoms with van der Waals surface area (Å²) >= 11 is 7.32. The highest BCUT2D eigenvalue weighted by molar-refractivity contribution is 7.99. The Hall–Kier alpha value is -2.83. The SMILES string of the molecule is O=C(CSc1nccn1-c1ccc(Cl)cc1)Nc1cccc2ncccc12. The van der Waals surface area contributed by atoms with Crippen LogP contribution in [-0.4, -0.2) is 26.2 Å². The van der Waals surface area contributed by atoms with Gasteiger partial charge in [-0.3, -0.25) is 14.3 Å². The molecule has 0 saturated heterocycles. The lowest BCUT2D eigenvalue weighted by Gasteiger charge is -2.09. The van der Waals surface area contributed by atoms with Gasteiger partial charge < -0.3 is 5.32 Å². The van der Waals surface area contributed by atoms with Gasteiger partial charge in [-0.25, -0.2) is 4.98 Å². The van der Waals surface area contributed by atoms with E-state index in [1.54, 1.807) is 12.4 Å². The fraction of sp³-hybridized carbons (Fsp3) is 0.0500. The smallest absolute Gasteiger partial charge is 0.234 e. The summed E-state index contributed by atoms with van der Waals surface area (Å²) in [5.74, 6) is 0.156. The molecule has 2 aromatic carbocycles. The molecule has 2 aromatic heterocycles. The van der Waals surface area contributed by atoms with Gasteiger partial charge in [0.15, 0.2) is 5.16 Å². The van der Waals surface area contributed by atoms with Crippen molar-refractivity contribution in [1.82, 2.24) is 14.5 Å². The highest BCUT2D eigenvalue weighted by Gasteiger charge is 2.11. The molecule has 4 aromatic rings. The van der Waals surface area contributed by atoms with Gasteiger partial charge in [-0.05, 0) is 48.5 Å². The third-order valence-electron chi connectivity index (χ3n) is 3.96. The number of amides is 1. The van der Waals surface area contributed by atoms with Crippen LogP contribution in [0.25, 0.3) is 16.6 Å². The lowest BCUT2D eigenvalue weighted by molar-refractivity contribution is -0.113. The number of nitrogens with one attached hydrogen (secondary N) is 1. The summed E-state index contributed by atoms with van der Waals surface area (Å²) in [5.41, 5.74) is 2.55. The number of anilines is 1. The van der Waals surface area contributed by atoms with Crippen molar-refractivity contribution in [1.29, 1.82) is 0 Å². The third kappa shape index (κ3) is 3.97. The fourth-order valence-corrected chi connectivity index (χ4v) is 3.62. The van der Waals surface area contributed by atoms with Crippen LogP contribution in [0.1, 0.15) is 0 Å². The summed E-state index contributed by atoms with van der Waals surface area (Å²) in [4.78, 5) is 21.1. The van der Waals surface area contributed by atoms with Crippen molar-refractivity contribution in [3.63, 3.8) is 0 Å². The molecule has 0 unspecified atom stereocenters. The van der Waals surface area contributed by atoms with E-state index in [0.717, 1.165) is 27.4 Å². The minimum absolute atomic E-state index is 0.0954. The zero-order valence-electron chi connectivity index (χ0n) is 14.2. The molecule has 5 nitrogen and oxygen atoms in total. The Bertz CT molecular complexity index is 1090. The van der Waals surface area contributed by atoms with Crippen molar-refractivity contribution >= 4 is 45.9 Å². The maximum atomic E-state index is 12.4. The second-order valence-corrected chi connectivity index (χ2v) is 7.15. The van der Waals surface area contributed by atoms with Gasteiger partial charge in [0.2, 0.25) is 5.91 Å². The second-order valence-electron chi connectivity index (χ2n) is 5.77. The highest BCUT2D eigenvalue weighted by Crippen LogP contribution is 2.24. The molecule has 2 heterocycles. The number of hydrogen-bond donors (Lipinski definition) is 1. The van der Waals surface area contributed by atoms with E-state index in [-0.39, 0.29) is 11.7 Å². The average molecular weight is 395 g/mol. The van der Waals surface area contributed by atoms with Gasteiger partial charge in [-0.1, -0.05) is 29.4 Å². The van der Waals surface area contributed by atoms with Crippen LogP contribution in [0.4, 0.5) is 5.69 Å². The van der Waals surface area contributed by atoms with Crippen molar-refractivity contribution in [3.05, 3.63) is 78.2 Å². The molecule has 0 atom stereocenters. The molecule has 0 aliphatic rings. The molecule has 1 amide bonds. The maximum absolute atomic E-state index is 12.4. The molecule has 0 aliphatic carbocycles. The van der Waals surface area contributed by atoms with Crippen LogP contribution in [0.15, 0.2) is 78.3 Å². The predicted molar refractivity (Wildman–Crippen MR) is 110 cm³/mol. The number of fused-ring (bicyclic) bond motifs is 1. The minimum Gasteiger partial charge on any atom is -0.325 e. The first-order chi connectivity index (χ1) is 13.2. The molecular formula is C20H15ClN4OS. The van der Waals surface area contributed by atoms with Crippen LogP contribution in [0.2, 0.25) is 5.02 Å². The Morgan fingerprint density at radius 2 is 1.89 bits per heavy atom. The normalized spacial score (nSPS) is 10.9. The number of benzene rings is 2. The monoisotopic (exact) mass is 394 g/mol. The molecule has 0 fully saturated rings. The Morgan fingerprint density at radius 1 is 1.04 bits per heavy atom. The number of thioether (sulfide) groups is 1. The first-order valence-corrected chi connectivity index (χ1v) is 9.63. The zero-order valence-corrected chi connectivity index (χ0v) is 15.7. The summed E-state index contributed by atoms with van der Waals surface area (Å²) in [6.07, 6.45) is 5.31. The molecule has 0 saturated carbocycles. The number of aromatic nitrogens is 3. The molecular weight excluding hydrogens is 380 g/mol. The molecule has 7 heteroatoms. The van der Waals surface area contributed by atoms with Gasteiger partial charge in [0.1, 0.15) is 0 Å². The van der Waals surface area contributed by atoms with Crippen LogP contribution in [0.3, 0.4) is 0 Å². The number of pyridine rings is 1. The summed E-state index contributed by atoms with van der Waals surface area (Å²) in [5, 5.41) is 5.30. The molecule has 27 heavy (non-hydrogen) atoms. The van der Waals surface area contributed by atoms with Gasteiger partial charge in [-0.2, -0.15) is 0 Å². The Labute approximate surface area is 165 Å². The van der Waals surface area contributed by atoms with Gasteiger partial charge in [0, 0.05) is 34.7 Å². The van der Waals surface area contributed by atoms with E-state index in [9.17, 15) is 4.79 Å². The molecule has 0 bridgehead atoms. The van der Waals surface area contributed by atoms with Gasteiger partial charge in [0.05, 0.1) is 17.0 Å². The largest absolute Gasteiger partial charge is 0.325 e. The van der Waals surface area contributed by atoms with E-state index in [2.05, 4.69) is 15.3 Å². The first kappa shape index (κ1) is 17.6. The number of rotatable bonds is 5. The number of imidazole rings is 1. The van der Waals surface area contributed by atoms with Crippen LogP contribution in [-0.2, 0) is 4.79 Å². The second kappa shape index (κ2) is 7.82. The fourth-order valence-electron chi connectivity index (χ4n) is 2.72. The van der Waals surface area contributed by atoms with Crippen molar-refractivity contribution in [2.45, 2.75) is 5.16 Å². The molecule has 1 N–H and O–H groups in total. The van der Waals surface area contributed by atoms with Crippen LogP contribution < -0.4 is 5.32 Å². The van der Waals surface area contributed by atoms with Crippen LogP contribution in [0, 0.1) is 0 Å². The van der Waals surface area contributed by atoms with E-state index in [1.807, 2.05) is 65.4 Å². The number of carbonyl (C=O) groups excluding carboxylic acids is 1. The Kier molecular flexibility index (Phi) is 5.09. The molecule has 4 rings (SSSR count). The summed E-state index contributed by atoms with van der Waals surface area (Å²) in [7, 11) is 0. The number of carbonyl (C=O) groups is 1. The quantitative estimate of drug-likeness (QED) is 0.494. The van der Waals surface area contributed by atoms with Crippen molar-refractivity contribution < 1.29 is 4.79 Å². The summed E-state index contributed by atoms with van der Waals surface area (Å²) < 4.78 is 1.93. The number of halogens is 1. The lowest BCUT2D eigenvalue weighted by Crippen LogP contribution is -2.14. The predicted octanol–water partition coefficient (Wildman–Crippen LogP) is 4.80. The average Bonchev–Trinajstić information content (AvgIpc) is 3.16. The standard InChI is InChI=1S/C20H15ClN4OS/c21-14-6-8-15(9-7-14)25-12-11-23-20(25)27-13-19(26)24-18-5-1-4-17-16(18)3-2-10-22-17/h1-12H,13H2,(H,24,26). The molecule has 0 aliphatic heterocycles. The first-order valence-electron chi connectivity index (χ1n) is 8.26. The van der Waals surface area contributed by atoms with Crippen molar-refractivity contribution in [2.75, 3.05) is 11.1 Å². The van der Waals surface area contributed by atoms with Gasteiger partial charge >= 0.3 is 0 Å². The Morgan fingerprint density at radius 3 is 2.74 bits per heavy atom. The van der Waals surface area contributed by atoms with E-state index < -0.39 is 0 Å². The number of hydrogen-bond acceptors (Lipinski definition) is 4. The minimum atomic E-state index is -0.0954. The van der Waals surface area contributed by atoms with Crippen molar-refractivity contribution in [3.8, 4) is 5.69 Å². The van der Waals surface area contributed by atoms with Crippen LogP contribution >= 0.6 is 23.4 Å². The van der Waals surface area contributed by atoms with Gasteiger partial charge in [-0.15, -0.1) is 0 Å². The van der Waals surface area contributed by atoms with E-state index in [4.69, 9.17) is 11.6 Å². The molecule has 134 valence electrons. The van der Waals surface area contributed by atoms with E-state index in [1.165, 1.54) is 11.8 Å². The van der Waals surface area contributed by atoms with Crippen LogP contribution in [0.5, 0.6) is 0 Å². The zero-order chi connectivity index (χ0) is 18.6. The Balaban J connectivity index is 1.46. The van der Waals surface area contributed by atoms with E-state index >= 15 is 0 Å². The molecule has 0 spiro atoms. The highest BCUT2D eigenvalue weighted by atomic mass is 35.5. The lowest BCUT2D eigenvalue weighted by atomic mass is 10.2.